The normalized spacial score (nSPS) is 10.3. The summed E-state index contributed by atoms with van der Waals surface area (Å²) in [7, 11) is 0. The summed E-state index contributed by atoms with van der Waals surface area (Å²) in [5.41, 5.74) is 2.69. The summed E-state index contributed by atoms with van der Waals surface area (Å²) < 4.78 is 5.68. The molecule has 0 bridgehead atoms. The molecule has 2 rings (SSSR count). The number of hydrogen-bond acceptors (Lipinski definition) is 3. The van der Waals surface area contributed by atoms with Gasteiger partial charge in [-0.3, -0.25) is 4.79 Å². The minimum Gasteiger partial charge on any atom is -0.507 e. The van der Waals surface area contributed by atoms with Crippen LogP contribution >= 0.6 is 0 Å². The van der Waals surface area contributed by atoms with Gasteiger partial charge in [-0.05, 0) is 36.6 Å². The highest BCUT2D eigenvalue weighted by Crippen LogP contribution is 2.25. The van der Waals surface area contributed by atoms with Crippen molar-refractivity contribution in [3.63, 3.8) is 0 Å². The van der Waals surface area contributed by atoms with Crippen molar-refractivity contribution in [3.8, 4) is 11.5 Å². The second kappa shape index (κ2) is 6.24. The Morgan fingerprint density at radius 2 is 1.85 bits per heavy atom. The molecule has 0 amide bonds. The highest BCUT2D eigenvalue weighted by Gasteiger charge is 2.08. The Balaban J connectivity index is 2.11. The maximum absolute atomic E-state index is 11.2. The van der Waals surface area contributed by atoms with E-state index in [-0.39, 0.29) is 11.5 Å². The summed E-state index contributed by atoms with van der Waals surface area (Å²) >= 11 is 0. The van der Waals surface area contributed by atoms with E-state index in [0.29, 0.717) is 17.9 Å². The largest absolute Gasteiger partial charge is 0.507 e. The SMILES string of the molecule is CCc1ccccc1COc1ccc(C(C)=O)c(O)c1. The molecule has 20 heavy (non-hydrogen) atoms. The van der Waals surface area contributed by atoms with Gasteiger partial charge < -0.3 is 9.84 Å². The van der Waals surface area contributed by atoms with Crippen LogP contribution in [0.15, 0.2) is 42.5 Å². The second-order valence-electron chi connectivity index (χ2n) is 4.65. The Morgan fingerprint density at radius 3 is 2.45 bits per heavy atom. The predicted octanol–water partition coefficient (Wildman–Crippen LogP) is 3.74. The molecule has 0 fully saturated rings. The second-order valence-corrected chi connectivity index (χ2v) is 4.65. The van der Waals surface area contributed by atoms with Crippen molar-refractivity contribution in [3.05, 3.63) is 59.2 Å². The molecule has 2 aromatic rings. The smallest absolute Gasteiger partial charge is 0.163 e. The van der Waals surface area contributed by atoms with Crippen molar-refractivity contribution < 1.29 is 14.6 Å². The first-order valence-corrected chi connectivity index (χ1v) is 6.65. The van der Waals surface area contributed by atoms with E-state index >= 15 is 0 Å². The summed E-state index contributed by atoms with van der Waals surface area (Å²) in [6, 6.07) is 12.9. The van der Waals surface area contributed by atoms with Gasteiger partial charge in [-0.25, -0.2) is 0 Å². The quantitative estimate of drug-likeness (QED) is 0.842. The number of carbonyl (C=O) groups excluding carboxylic acids is 1. The lowest BCUT2D eigenvalue weighted by atomic mass is 10.1. The number of phenols is 1. The number of phenolic OH excluding ortho intramolecular Hbond substituents is 1. The average molecular weight is 270 g/mol. The maximum Gasteiger partial charge on any atom is 0.163 e. The van der Waals surface area contributed by atoms with Gasteiger partial charge in [0.2, 0.25) is 0 Å². The van der Waals surface area contributed by atoms with Gasteiger partial charge in [0, 0.05) is 6.07 Å². The van der Waals surface area contributed by atoms with Crippen LogP contribution in [0.25, 0.3) is 0 Å². The van der Waals surface area contributed by atoms with Crippen molar-refractivity contribution in [2.45, 2.75) is 26.9 Å². The molecule has 0 saturated carbocycles. The molecule has 0 aliphatic rings. The number of rotatable bonds is 5. The van der Waals surface area contributed by atoms with Crippen molar-refractivity contribution >= 4 is 5.78 Å². The first-order valence-electron chi connectivity index (χ1n) is 6.65. The molecule has 0 aliphatic carbocycles. The number of ether oxygens (including phenoxy) is 1. The van der Waals surface area contributed by atoms with E-state index in [1.165, 1.54) is 18.6 Å². The van der Waals surface area contributed by atoms with Crippen LogP contribution in [0.3, 0.4) is 0 Å². The third-order valence-corrected chi connectivity index (χ3v) is 3.24. The van der Waals surface area contributed by atoms with Gasteiger partial charge in [0.15, 0.2) is 5.78 Å². The first kappa shape index (κ1) is 14.1. The predicted molar refractivity (Wildman–Crippen MR) is 78.3 cm³/mol. The molecule has 2 aromatic carbocycles. The number of aromatic hydroxyl groups is 1. The molecular formula is C17H18O3. The van der Waals surface area contributed by atoms with Crippen molar-refractivity contribution in [1.29, 1.82) is 0 Å². The van der Waals surface area contributed by atoms with Crippen LogP contribution in [0.2, 0.25) is 0 Å². The van der Waals surface area contributed by atoms with Gasteiger partial charge >= 0.3 is 0 Å². The van der Waals surface area contributed by atoms with Crippen LogP contribution in [-0.2, 0) is 13.0 Å². The first-order chi connectivity index (χ1) is 9.61. The molecule has 1 N–H and O–H groups in total. The maximum atomic E-state index is 11.2. The molecule has 0 saturated heterocycles. The van der Waals surface area contributed by atoms with Crippen molar-refractivity contribution in [1.82, 2.24) is 0 Å². The van der Waals surface area contributed by atoms with Crippen LogP contribution in [0.1, 0.15) is 35.3 Å². The molecule has 0 aliphatic heterocycles. The monoisotopic (exact) mass is 270 g/mol. The topological polar surface area (TPSA) is 46.5 Å². The van der Waals surface area contributed by atoms with E-state index in [1.807, 2.05) is 18.2 Å². The van der Waals surface area contributed by atoms with E-state index in [4.69, 9.17) is 4.74 Å². The Hall–Kier alpha value is -2.29. The zero-order chi connectivity index (χ0) is 14.5. The lowest BCUT2D eigenvalue weighted by Gasteiger charge is -2.11. The fourth-order valence-corrected chi connectivity index (χ4v) is 2.10. The van der Waals surface area contributed by atoms with Crippen LogP contribution in [0.5, 0.6) is 11.5 Å². The third kappa shape index (κ3) is 3.18. The summed E-state index contributed by atoms with van der Waals surface area (Å²) in [6.45, 7) is 3.97. The molecule has 0 radical (unpaired) electrons. The number of aryl methyl sites for hydroxylation is 1. The molecule has 104 valence electrons. The molecule has 0 atom stereocenters. The minimum absolute atomic E-state index is 0.0428. The van der Waals surface area contributed by atoms with Crippen molar-refractivity contribution in [2.24, 2.45) is 0 Å². The van der Waals surface area contributed by atoms with Gasteiger partial charge in [-0.15, -0.1) is 0 Å². The molecule has 3 heteroatoms. The number of carbonyl (C=O) groups is 1. The molecular weight excluding hydrogens is 252 g/mol. The minimum atomic E-state index is -0.162. The highest BCUT2D eigenvalue weighted by atomic mass is 16.5. The molecule has 0 spiro atoms. The van der Waals surface area contributed by atoms with E-state index in [2.05, 4.69) is 13.0 Å². The lowest BCUT2D eigenvalue weighted by Crippen LogP contribution is -2.00. The summed E-state index contributed by atoms with van der Waals surface area (Å²) in [4.78, 5) is 11.2. The van der Waals surface area contributed by atoms with Crippen LogP contribution in [0.4, 0.5) is 0 Å². The van der Waals surface area contributed by atoms with Gasteiger partial charge in [-0.1, -0.05) is 31.2 Å². The third-order valence-electron chi connectivity index (χ3n) is 3.24. The molecule has 0 heterocycles. The fourth-order valence-electron chi connectivity index (χ4n) is 2.10. The summed E-state index contributed by atoms with van der Waals surface area (Å²) in [6.07, 6.45) is 0.952. The van der Waals surface area contributed by atoms with Crippen molar-refractivity contribution in [2.75, 3.05) is 0 Å². The van der Waals surface area contributed by atoms with E-state index in [9.17, 15) is 9.90 Å². The Morgan fingerprint density at radius 1 is 1.15 bits per heavy atom. The summed E-state index contributed by atoms with van der Waals surface area (Å²) in [5, 5.41) is 9.76. The molecule has 0 aromatic heterocycles. The number of benzene rings is 2. The van der Waals surface area contributed by atoms with Gasteiger partial charge in [0.1, 0.15) is 18.1 Å². The van der Waals surface area contributed by atoms with E-state index in [1.54, 1.807) is 12.1 Å². The Labute approximate surface area is 118 Å². The van der Waals surface area contributed by atoms with Gasteiger partial charge in [-0.2, -0.15) is 0 Å². The molecule has 3 nitrogen and oxygen atoms in total. The highest BCUT2D eigenvalue weighted by molar-refractivity contribution is 5.96. The number of Topliss-reactive ketones (excluding diaryl/α,β-unsaturated/α-hetero) is 1. The Bertz CT molecular complexity index is 617. The molecule has 0 unspecified atom stereocenters. The zero-order valence-corrected chi connectivity index (χ0v) is 11.7. The number of hydrogen-bond donors (Lipinski definition) is 1. The number of ketones is 1. The van der Waals surface area contributed by atoms with Gasteiger partial charge in [0.25, 0.3) is 0 Å². The average Bonchev–Trinajstić information content (AvgIpc) is 2.45. The standard InChI is InChI=1S/C17H18O3/c1-3-13-6-4-5-7-14(13)11-20-15-8-9-16(12(2)18)17(19)10-15/h4-10,19H,3,11H2,1-2H3. The Kier molecular flexibility index (Phi) is 4.41. The lowest BCUT2D eigenvalue weighted by molar-refractivity contribution is 0.101. The van der Waals surface area contributed by atoms with E-state index < -0.39 is 0 Å². The summed E-state index contributed by atoms with van der Waals surface area (Å²) in [5.74, 6) is 0.350. The van der Waals surface area contributed by atoms with Crippen LogP contribution in [0, 0.1) is 0 Å². The van der Waals surface area contributed by atoms with E-state index in [0.717, 1.165) is 12.0 Å². The van der Waals surface area contributed by atoms with Crippen LogP contribution < -0.4 is 4.74 Å². The van der Waals surface area contributed by atoms with Gasteiger partial charge in [0.05, 0.1) is 5.56 Å². The van der Waals surface area contributed by atoms with Crippen LogP contribution in [-0.4, -0.2) is 10.9 Å². The zero-order valence-electron chi connectivity index (χ0n) is 11.7. The fraction of sp³-hybridized carbons (Fsp3) is 0.235.